The molecule has 0 radical (unpaired) electrons. The molecule has 0 aromatic carbocycles. The van der Waals surface area contributed by atoms with Crippen LogP contribution in [0.15, 0.2) is 30.5 Å². The summed E-state index contributed by atoms with van der Waals surface area (Å²) >= 11 is 1.83. The van der Waals surface area contributed by atoms with Crippen LogP contribution in [0, 0.1) is 13.8 Å². The summed E-state index contributed by atoms with van der Waals surface area (Å²) in [5.41, 5.74) is 2.16. The summed E-state index contributed by atoms with van der Waals surface area (Å²) < 4.78 is 0. The van der Waals surface area contributed by atoms with Crippen molar-refractivity contribution in [1.82, 2.24) is 4.98 Å². The molecule has 15 heavy (non-hydrogen) atoms. The highest BCUT2D eigenvalue weighted by Crippen LogP contribution is 2.17. The van der Waals surface area contributed by atoms with E-state index >= 15 is 0 Å². The second-order valence-electron chi connectivity index (χ2n) is 3.50. The number of pyridine rings is 1. The van der Waals surface area contributed by atoms with E-state index in [0.29, 0.717) is 0 Å². The van der Waals surface area contributed by atoms with Crippen LogP contribution in [0.1, 0.15) is 15.4 Å². The summed E-state index contributed by atoms with van der Waals surface area (Å²) in [7, 11) is 0. The number of thiophene rings is 1. The third-order valence-corrected chi connectivity index (χ3v) is 3.26. The minimum absolute atomic E-state index is 0.880. The quantitative estimate of drug-likeness (QED) is 0.854. The monoisotopic (exact) mass is 218 g/mol. The van der Waals surface area contributed by atoms with E-state index in [4.69, 9.17) is 0 Å². The van der Waals surface area contributed by atoms with Crippen molar-refractivity contribution >= 4 is 17.0 Å². The van der Waals surface area contributed by atoms with Crippen LogP contribution in [0.5, 0.6) is 0 Å². The summed E-state index contributed by atoms with van der Waals surface area (Å²) in [4.78, 5) is 6.95. The highest BCUT2D eigenvalue weighted by atomic mass is 32.1. The number of anilines is 1. The van der Waals surface area contributed by atoms with Gasteiger partial charge in [0.1, 0.15) is 0 Å². The topological polar surface area (TPSA) is 24.9 Å². The zero-order valence-corrected chi connectivity index (χ0v) is 9.77. The van der Waals surface area contributed by atoms with Gasteiger partial charge in [-0.3, -0.25) is 4.98 Å². The van der Waals surface area contributed by atoms with Crippen LogP contribution >= 0.6 is 11.3 Å². The van der Waals surface area contributed by atoms with Gasteiger partial charge in [0.15, 0.2) is 0 Å². The minimum atomic E-state index is 0.880. The number of aromatic nitrogens is 1. The smallest absolute Gasteiger partial charge is 0.0603 e. The van der Waals surface area contributed by atoms with Crippen molar-refractivity contribution in [2.24, 2.45) is 0 Å². The Kier molecular flexibility index (Phi) is 3.02. The van der Waals surface area contributed by atoms with Crippen molar-refractivity contribution in [2.45, 2.75) is 20.4 Å². The fourth-order valence-electron chi connectivity index (χ4n) is 1.43. The average molecular weight is 218 g/mol. The standard InChI is InChI=1S/C12H14N2S/c1-9-5-6-11(15-9)8-14-12-4-3-7-13-10(12)2/h3-7,14H,8H2,1-2H3. The first kappa shape index (κ1) is 10.2. The van der Waals surface area contributed by atoms with Crippen molar-refractivity contribution in [2.75, 3.05) is 5.32 Å². The molecule has 0 unspecified atom stereocenters. The van der Waals surface area contributed by atoms with Gasteiger partial charge in [0, 0.05) is 22.5 Å². The second-order valence-corrected chi connectivity index (χ2v) is 4.87. The molecule has 0 fully saturated rings. The van der Waals surface area contributed by atoms with E-state index in [0.717, 1.165) is 17.9 Å². The molecule has 2 aromatic heterocycles. The Balaban J connectivity index is 2.02. The van der Waals surface area contributed by atoms with Gasteiger partial charge >= 0.3 is 0 Å². The first-order chi connectivity index (χ1) is 7.25. The molecule has 2 nitrogen and oxygen atoms in total. The summed E-state index contributed by atoms with van der Waals surface area (Å²) in [6.07, 6.45) is 1.82. The van der Waals surface area contributed by atoms with E-state index in [1.165, 1.54) is 9.75 Å². The highest BCUT2D eigenvalue weighted by molar-refractivity contribution is 7.11. The predicted molar refractivity (Wildman–Crippen MR) is 65.4 cm³/mol. The molecule has 0 amide bonds. The molecule has 2 aromatic rings. The molecule has 2 rings (SSSR count). The Morgan fingerprint density at radius 2 is 2.13 bits per heavy atom. The Hall–Kier alpha value is -1.35. The largest absolute Gasteiger partial charge is 0.379 e. The first-order valence-electron chi connectivity index (χ1n) is 4.96. The molecule has 0 aliphatic heterocycles. The van der Waals surface area contributed by atoms with Crippen molar-refractivity contribution in [3.63, 3.8) is 0 Å². The van der Waals surface area contributed by atoms with Gasteiger partial charge in [0.05, 0.1) is 11.4 Å². The minimum Gasteiger partial charge on any atom is -0.379 e. The number of aryl methyl sites for hydroxylation is 2. The number of rotatable bonds is 3. The van der Waals surface area contributed by atoms with Crippen molar-refractivity contribution in [3.8, 4) is 0 Å². The molecule has 78 valence electrons. The van der Waals surface area contributed by atoms with Crippen LogP contribution in [-0.4, -0.2) is 4.98 Å². The Labute approximate surface area is 94.0 Å². The molecular formula is C12H14N2S. The lowest BCUT2D eigenvalue weighted by atomic mass is 10.3. The van der Waals surface area contributed by atoms with Crippen LogP contribution in [0.2, 0.25) is 0 Å². The SMILES string of the molecule is Cc1ccc(CNc2cccnc2C)s1. The van der Waals surface area contributed by atoms with Crippen molar-refractivity contribution in [3.05, 3.63) is 45.9 Å². The Morgan fingerprint density at radius 3 is 2.80 bits per heavy atom. The van der Waals surface area contributed by atoms with Crippen molar-refractivity contribution in [1.29, 1.82) is 0 Å². The lowest BCUT2D eigenvalue weighted by Gasteiger charge is -2.06. The van der Waals surface area contributed by atoms with Gasteiger partial charge in [0.2, 0.25) is 0 Å². The third kappa shape index (κ3) is 2.57. The molecule has 2 heterocycles. The molecule has 0 atom stereocenters. The molecule has 3 heteroatoms. The summed E-state index contributed by atoms with van der Waals surface area (Å²) in [6.45, 7) is 5.02. The van der Waals surface area contributed by atoms with Crippen LogP contribution in [0.25, 0.3) is 0 Å². The zero-order valence-electron chi connectivity index (χ0n) is 8.95. The molecule has 0 bridgehead atoms. The molecule has 0 saturated heterocycles. The van der Waals surface area contributed by atoms with E-state index in [-0.39, 0.29) is 0 Å². The van der Waals surface area contributed by atoms with Gasteiger partial charge in [-0.05, 0) is 38.1 Å². The lowest BCUT2D eigenvalue weighted by Crippen LogP contribution is -1.99. The number of hydrogen-bond donors (Lipinski definition) is 1. The van der Waals surface area contributed by atoms with E-state index < -0.39 is 0 Å². The lowest BCUT2D eigenvalue weighted by molar-refractivity contribution is 1.13. The van der Waals surface area contributed by atoms with Gasteiger partial charge in [-0.1, -0.05) is 0 Å². The summed E-state index contributed by atoms with van der Waals surface area (Å²) in [5, 5.41) is 3.39. The number of nitrogens with zero attached hydrogens (tertiary/aromatic N) is 1. The molecule has 0 saturated carbocycles. The van der Waals surface area contributed by atoms with E-state index in [1.54, 1.807) is 0 Å². The van der Waals surface area contributed by atoms with Gasteiger partial charge in [-0.25, -0.2) is 0 Å². The van der Waals surface area contributed by atoms with Crippen LogP contribution < -0.4 is 5.32 Å². The third-order valence-electron chi connectivity index (χ3n) is 2.26. The molecule has 0 aliphatic rings. The first-order valence-corrected chi connectivity index (χ1v) is 5.78. The normalized spacial score (nSPS) is 10.3. The van der Waals surface area contributed by atoms with Crippen LogP contribution in [0.4, 0.5) is 5.69 Å². The highest BCUT2D eigenvalue weighted by Gasteiger charge is 1.99. The Morgan fingerprint density at radius 1 is 1.27 bits per heavy atom. The molecule has 1 N–H and O–H groups in total. The molecule has 0 aliphatic carbocycles. The summed E-state index contributed by atoms with van der Waals surface area (Å²) in [6, 6.07) is 8.33. The van der Waals surface area contributed by atoms with E-state index in [1.807, 2.05) is 30.5 Å². The zero-order chi connectivity index (χ0) is 10.7. The van der Waals surface area contributed by atoms with Gasteiger partial charge in [-0.15, -0.1) is 11.3 Å². The van der Waals surface area contributed by atoms with Crippen molar-refractivity contribution < 1.29 is 0 Å². The Bertz CT molecular complexity index is 448. The molecular weight excluding hydrogens is 204 g/mol. The fourth-order valence-corrected chi connectivity index (χ4v) is 2.26. The second kappa shape index (κ2) is 4.45. The van der Waals surface area contributed by atoms with Crippen LogP contribution in [-0.2, 0) is 6.54 Å². The predicted octanol–water partition coefficient (Wildman–Crippen LogP) is 3.37. The maximum absolute atomic E-state index is 4.24. The number of hydrogen-bond acceptors (Lipinski definition) is 3. The average Bonchev–Trinajstić information content (AvgIpc) is 2.63. The molecule has 0 spiro atoms. The number of nitrogens with one attached hydrogen (secondary N) is 1. The van der Waals surface area contributed by atoms with E-state index in [9.17, 15) is 0 Å². The van der Waals surface area contributed by atoms with Gasteiger partial charge < -0.3 is 5.32 Å². The summed E-state index contributed by atoms with van der Waals surface area (Å²) in [5.74, 6) is 0. The van der Waals surface area contributed by atoms with Crippen LogP contribution in [0.3, 0.4) is 0 Å². The van der Waals surface area contributed by atoms with Gasteiger partial charge in [0.25, 0.3) is 0 Å². The van der Waals surface area contributed by atoms with Gasteiger partial charge in [-0.2, -0.15) is 0 Å². The fraction of sp³-hybridized carbons (Fsp3) is 0.250. The maximum atomic E-state index is 4.24. The maximum Gasteiger partial charge on any atom is 0.0603 e. The van der Waals surface area contributed by atoms with E-state index in [2.05, 4.69) is 35.4 Å².